The minimum absolute atomic E-state index is 0.954. The maximum absolute atomic E-state index is 2.39. The lowest BCUT2D eigenvalue weighted by Crippen LogP contribution is -2.17. The molecule has 0 aromatic carbocycles. The maximum atomic E-state index is 2.39. The highest BCUT2D eigenvalue weighted by Crippen LogP contribution is 2.52. The molecule has 2 aliphatic carbocycles. The van der Waals surface area contributed by atoms with E-state index >= 15 is 0 Å². The molecule has 10 heavy (non-hydrogen) atoms. The first kappa shape index (κ1) is 6.76. The number of fused-ring (bicyclic) bond motifs is 2. The Balaban J connectivity index is 2.02. The first-order chi connectivity index (χ1) is 4.77. The fourth-order valence-corrected chi connectivity index (χ4v) is 3.11. The van der Waals surface area contributed by atoms with Crippen molar-refractivity contribution in [2.75, 3.05) is 0 Å². The molecular formula is C9H17B. The van der Waals surface area contributed by atoms with Crippen molar-refractivity contribution < 1.29 is 0 Å². The smallest absolute Gasteiger partial charge is 0.0861 e. The van der Waals surface area contributed by atoms with Gasteiger partial charge < -0.3 is 0 Å². The van der Waals surface area contributed by atoms with Crippen molar-refractivity contribution in [3.05, 3.63) is 0 Å². The van der Waals surface area contributed by atoms with Gasteiger partial charge in [0.15, 0.2) is 0 Å². The summed E-state index contributed by atoms with van der Waals surface area (Å²) in [5, 5.41) is 0. The fourth-order valence-electron chi connectivity index (χ4n) is 3.11. The fraction of sp³-hybridized carbons (Fsp3) is 1.00. The lowest BCUT2D eigenvalue weighted by atomic mass is 9.41. The molecule has 0 saturated heterocycles. The van der Waals surface area contributed by atoms with Gasteiger partial charge in [-0.2, -0.15) is 0 Å². The molecule has 1 heteroatoms. The Labute approximate surface area is 64.5 Å². The van der Waals surface area contributed by atoms with Gasteiger partial charge in [0, 0.05) is 0 Å². The van der Waals surface area contributed by atoms with Gasteiger partial charge >= 0.3 is 0 Å². The van der Waals surface area contributed by atoms with E-state index in [2.05, 4.69) is 13.6 Å². The Morgan fingerprint density at radius 1 is 1.10 bits per heavy atom. The first-order valence-corrected chi connectivity index (χ1v) is 4.77. The minimum Gasteiger partial charge on any atom is -0.0861 e. The number of hydrogen-bond donors (Lipinski definition) is 0. The molecule has 0 N–H and O–H groups in total. The Morgan fingerprint density at radius 3 is 2.20 bits per heavy atom. The molecule has 0 nitrogen and oxygen atoms in total. The van der Waals surface area contributed by atoms with Gasteiger partial charge in [-0.3, -0.25) is 0 Å². The normalized spacial score (nSPS) is 44.4. The SMILES string of the molecule is CB(C)[C@@H]1C[C@H]2CC[C@@H]1C2. The highest BCUT2D eigenvalue weighted by atomic mass is 14.4. The Morgan fingerprint density at radius 2 is 1.90 bits per heavy atom. The molecule has 0 radical (unpaired) electrons. The second-order valence-electron chi connectivity index (χ2n) is 4.58. The molecule has 2 fully saturated rings. The Bertz CT molecular complexity index is 131. The van der Waals surface area contributed by atoms with E-state index < -0.39 is 0 Å². The van der Waals surface area contributed by atoms with Gasteiger partial charge in [0.2, 0.25) is 0 Å². The molecule has 0 heterocycles. The zero-order valence-corrected chi connectivity index (χ0v) is 7.14. The van der Waals surface area contributed by atoms with E-state index in [0.29, 0.717) is 0 Å². The van der Waals surface area contributed by atoms with E-state index in [1.165, 1.54) is 0 Å². The molecular weight excluding hydrogens is 119 g/mol. The largest absolute Gasteiger partial charge is 0.137 e. The van der Waals surface area contributed by atoms with Crippen LogP contribution in [0.25, 0.3) is 0 Å². The topological polar surface area (TPSA) is 0 Å². The lowest BCUT2D eigenvalue weighted by molar-refractivity contribution is 0.474. The molecule has 2 bridgehead atoms. The summed E-state index contributed by atoms with van der Waals surface area (Å²) in [7, 11) is 0. The second-order valence-corrected chi connectivity index (χ2v) is 4.58. The predicted molar refractivity (Wildman–Crippen MR) is 46.7 cm³/mol. The van der Waals surface area contributed by atoms with Crippen molar-refractivity contribution >= 4 is 6.71 Å². The van der Waals surface area contributed by atoms with Crippen LogP contribution in [0.15, 0.2) is 0 Å². The molecule has 56 valence electrons. The summed E-state index contributed by atoms with van der Waals surface area (Å²) in [6.45, 7) is 5.74. The van der Waals surface area contributed by atoms with Crippen LogP contribution in [0.2, 0.25) is 19.5 Å². The van der Waals surface area contributed by atoms with E-state index in [9.17, 15) is 0 Å². The molecule has 0 aromatic rings. The van der Waals surface area contributed by atoms with Crippen LogP contribution >= 0.6 is 0 Å². The number of rotatable bonds is 1. The van der Waals surface area contributed by atoms with E-state index in [1.807, 2.05) is 0 Å². The van der Waals surface area contributed by atoms with Gasteiger partial charge in [-0.25, -0.2) is 0 Å². The third-order valence-corrected chi connectivity index (χ3v) is 3.65. The maximum Gasteiger partial charge on any atom is 0.137 e. The summed E-state index contributed by atoms with van der Waals surface area (Å²) in [6.07, 6.45) is 6.23. The van der Waals surface area contributed by atoms with Crippen molar-refractivity contribution in [1.29, 1.82) is 0 Å². The predicted octanol–water partition coefficient (Wildman–Crippen LogP) is 2.93. The average Bonchev–Trinajstić information content (AvgIpc) is 2.44. The van der Waals surface area contributed by atoms with Gasteiger partial charge in [-0.1, -0.05) is 38.7 Å². The third kappa shape index (κ3) is 0.907. The summed E-state index contributed by atoms with van der Waals surface area (Å²) in [6, 6.07) is 0. The molecule has 0 aliphatic heterocycles. The van der Waals surface area contributed by atoms with Crippen LogP contribution in [-0.2, 0) is 0 Å². The monoisotopic (exact) mass is 136 g/mol. The summed E-state index contributed by atoms with van der Waals surface area (Å²) >= 11 is 0. The van der Waals surface area contributed by atoms with Crippen molar-refractivity contribution in [3.8, 4) is 0 Å². The van der Waals surface area contributed by atoms with Gasteiger partial charge in [0.05, 0.1) is 0 Å². The van der Waals surface area contributed by atoms with E-state index in [1.54, 1.807) is 25.7 Å². The molecule has 3 atom stereocenters. The Kier molecular flexibility index (Phi) is 1.54. The molecule has 2 aliphatic rings. The van der Waals surface area contributed by atoms with Gasteiger partial charge in [-0.15, -0.1) is 0 Å². The summed E-state index contributed by atoms with van der Waals surface area (Å²) in [4.78, 5) is 0. The van der Waals surface area contributed by atoms with Crippen molar-refractivity contribution in [2.45, 2.75) is 45.1 Å². The van der Waals surface area contributed by atoms with Gasteiger partial charge in [0.25, 0.3) is 0 Å². The van der Waals surface area contributed by atoms with Crippen LogP contribution in [0.3, 0.4) is 0 Å². The average molecular weight is 136 g/mol. The minimum atomic E-state index is 0.954. The van der Waals surface area contributed by atoms with Gasteiger partial charge in [0.1, 0.15) is 6.71 Å². The van der Waals surface area contributed by atoms with E-state index in [4.69, 9.17) is 0 Å². The quantitative estimate of drug-likeness (QED) is 0.486. The molecule has 2 rings (SSSR count). The van der Waals surface area contributed by atoms with Gasteiger partial charge in [-0.05, 0) is 18.3 Å². The molecule has 0 aromatic heterocycles. The zero-order valence-electron chi connectivity index (χ0n) is 7.14. The molecule has 2 saturated carbocycles. The third-order valence-electron chi connectivity index (χ3n) is 3.65. The van der Waals surface area contributed by atoms with Crippen LogP contribution in [0, 0.1) is 11.8 Å². The van der Waals surface area contributed by atoms with Crippen molar-refractivity contribution in [3.63, 3.8) is 0 Å². The van der Waals surface area contributed by atoms with Crippen molar-refractivity contribution in [2.24, 2.45) is 11.8 Å². The first-order valence-electron chi connectivity index (χ1n) is 4.77. The van der Waals surface area contributed by atoms with Crippen LogP contribution in [-0.4, -0.2) is 6.71 Å². The summed E-state index contributed by atoms with van der Waals surface area (Å²) < 4.78 is 0. The molecule has 0 amide bonds. The highest BCUT2D eigenvalue weighted by molar-refractivity contribution is 6.57. The molecule has 0 unspecified atom stereocenters. The highest BCUT2D eigenvalue weighted by Gasteiger charge is 2.40. The summed E-state index contributed by atoms with van der Waals surface area (Å²) in [5.74, 6) is 3.36. The van der Waals surface area contributed by atoms with E-state index in [-0.39, 0.29) is 0 Å². The van der Waals surface area contributed by atoms with Crippen LogP contribution in [0.4, 0.5) is 0 Å². The van der Waals surface area contributed by atoms with E-state index in [0.717, 1.165) is 24.4 Å². The zero-order chi connectivity index (χ0) is 7.14. The standard InChI is InChI=1S/C9H17B/c1-10(2)9-6-7-3-4-8(9)5-7/h7-9H,3-6H2,1-2H3/t7-,8+,9+/m0/s1. The number of hydrogen-bond acceptors (Lipinski definition) is 0. The van der Waals surface area contributed by atoms with Crippen LogP contribution in [0.1, 0.15) is 25.7 Å². The van der Waals surface area contributed by atoms with Crippen molar-refractivity contribution in [1.82, 2.24) is 0 Å². The Hall–Kier alpha value is 0.0649. The molecule has 0 spiro atoms. The second kappa shape index (κ2) is 2.28. The van der Waals surface area contributed by atoms with Crippen LogP contribution in [0.5, 0.6) is 0 Å². The lowest BCUT2D eigenvalue weighted by Gasteiger charge is -2.23. The summed E-state index contributed by atoms with van der Waals surface area (Å²) in [5.41, 5.74) is 0. The van der Waals surface area contributed by atoms with Crippen LogP contribution < -0.4 is 0 Å².